The maximum Gasteiger partial charge on any atom is 0.341 e. The lowest BCUT2D eigenvalue weighted by molar-refractivity contribution is 0.506. The van der Waals surface area contributed by atoms with Gasteiger partial charge in [0, 0.05) is 0 Å². The van der Waals surface area contributed by atoms with Crippen LogP contribution in [0.15, 0.2) is 24.3 Å². The normalized spacial score (nSPS) is 10.9. The lowest BCUT2D eigenvalue weighted by Crippen LogP contribution is -2.08. The average molecular weight is 295 g/mol. The van der Waals surface area contributed by atoms with Gasteiger partial charge in [-0.3, -0.25) is 0 Å². The summed E-state index contributed by atoms with van der Waals surface area (Å²) >= 11 is 17.3. The number of hydrogen-bond donors (Lipinski definition) is 0. The summed E-state index contributed by atoms with van der Waals surface area (Å²) in [5.41, 5.74) is 1.08. The molecular formula is C10H10Cl3NOSi. The zero-order valence-corrected chi connectivity index (χ0v) is 11.7. The van der Waals surface area contributed by atoms with Gasteiger partial charge in [-0.2, -0.15) is 0 Å². The Hall–Kier alpha value is -0.403. The lowest BCUT2D eigenvalue weighted by Gasteiger charge is -2.07. The van der Waals surface area contributed by atoms with E-state index in [0.29, 0.717) is 11.8 Å². The van der Waals surface area contributed by atoms with Gasteiger partial charge < -0.3 is 4.74 Å². The highest BCUT2D eigenvalue weighted by molar-refractivity contribution is 7.64. The van der Waals surface area contributed by atoms with E-state index in [1.807, 2.05) is 18.2 Å². The molecule has 0 atom stereocenters. The van der Waals surface area contributed by atoms with Crippen molar-refractivity contribution in [3.8, 4) is 12.0 Å². The highest BCUT2D eigenvalue weighted by atomic mass is 35.8. The first-order chi connectivity index (χ1) is 7.51. The van der Waals surface area contributed by atoms with E-state index in [4.69, 9.17) is 43.2 Å². The van der Waals surface area contributed by atoms with Gasteiger partial charge in [0.15, 0.2) is 0 Å². The monoisotopic (exact) mass is 293 g/mol. The van der Waals surface area contributed by atoms with Gasteiger partial charge in [-0.1, -0.05) is 12.1 Å². The summed E-state index contributed by atoms with van der Waals surface area (Å²) in [6.45, 7) is 0. The molecule has 0 fully saturated rings. The van der Waals surface area contributed by atoms with Crippen LogP contribution >= 0.6 is 33.2 Å². The summed E-state index contributed by atoms with van der Waals surface area (Å²) in [6, 6.07) is 5.49. The minimum atomic E-state index is -2.51. The Balaban J connectivity index is 2.48. The van der Waals surface area contributed by atoms with Crippen LogP contribution in [0.25, 0.3) is 0 Å². The summed E-state index contributed by atoms with van der Waals surface area (Å²) in [5.74, 6) is 0.547. The predicted molar refractivity (Wildman–Crippen MR) is 69.1 cm³/mol. The molecule has 0 radical (unpaired) electrons. The number of halogens is 3. The molecule has 1 aromatic carbocycles. The fraction of sp³-hybridized carbons (Fsp3) is 0.300. The van der Waals surface area contributed by atoms with Gasteiger partial charge in [-0.05, 0) is 36.6 Å². The Morgan fingerprint density at radius 3 is 2.69 bits per heavy atom. The summed E-state index contributed by atoms with van der Waals surface area (Å²) < 4.78 is 4.73. The first kappa shape index (κ1) is 13.7. The van der Waals surface area contributed by atoms with Crippen LogP contribution < -0.4 is 4.74 Å². The van der Waals surface area contributed by atoms with Crippen LogP contribution in [-0.2, 0) is 6.42 Å². The molecule has 0 aromatic heterocycles. The molecule has 0 aliphatic rings. The molecule has 0 saturated heterocycles. The number of rotatable bonds is 5. The number of nitriles is 1. The van der Waals surface area contributed by atoms with E-state index in [0.717, 1.165) is 18.4 Å². The fourth-order valence-electron chi connectivity index (χ4n) is 1.31. The van der Waals surface area contributed by atoms with Crippen LogP contribution in [-0.4, -0.2) is 6.00 Å². The number of benzene rings is 1. The van der Waals surface area contributed by atoms with Gasteiger partial charge in [0.25, 0.3) is 6.26 Å². The largest absolute Gasteiger partial charge is 0.388 e. The molecule has 2 nitrogen and oxygen atoms in total. The smallest absolute Gasteiger partial charge is 0.341 e. The third-order valence-corrected chi connectivity index (χ3v) is 4.61. The first-order valence-electron chi connectivity index (χ1n) is 4.73. The zero-order valence-electron chi connectivity index (χ0n) is 8.42. The second-order valence-electron chi connectivity index (χ2n) is 3.31. The highest BCUT2D eigenvalue weighted by Crippen LogP contribution is 2.27. The van der Waals surface area contributed by atoms with Crippen LogP contribution in [0.3, 0.4) is 0 Å². The first-order valence-corrected chi connectivity index (χ1v) is 9.97. The molecule has 0 unspecified atom stereocenters. The quantitative estimate of drug-likeness (QED) is 0.464. The van der Waals surface area contributed by atoms with Crippen LogP contribution in [0.2, 0.25) is 6.04 Å². The maximum atomic E-state index is 8.37. The number of hydrogen-bond acceptors (Lipinski definition) is 2. The molecular weight excluding hydrogens is 285 g/mol. The SMILES string of the molecule is N#COc1cccc(CCC[Si](Cl)(Cl)Cl)c1. The van der Waals surface area contributed by atoms with Crippen molar-refractivity contribution in [2.75, 3.05) is 0 Å². The highest BCUT2D eigenvalue weighted by Gasteiger charge is 2.23. The van der Waals surface area contributed by atoms with E-state index in [-0.39, 0.29) is 0 Å². The van der Waals surface area contributed by atoms with Gasteiger partial charge in [-0.25, -0.2) is 0 Å². The Kier molecular flexibility index (Phi) is 5.43. The summed E-state index contributed by atoms with van der Waals surface area (Å²) in [5, 5.41) is 8.37. The number of aryl methyl sites for hydroxylation is 1. The van der Waals surface area contributed by atoms with Crippen molar-refractivity contribution >= 4 is 39.2 Å². The van der Waals surface area contributed by atoms with Crippen molar-refractivity contribution in [3.63, 3.8) is 0 Å². The molecule has 1 aromatic rings. The van der Waals surface area contributed by atoms with Crippen molar-refractivity contribution < 1.29 is 4.74 Å². The summed E-state index contributed by atoms with van der Waals surface area (Å²) in [7, 11) is 0. The minimum Gasteiger partial charge on any atom is -0.388 e. The molecule has 0 saturated carbocycles. The van der Waals surface area contributed by atoms with Gasteiger partial charge >= 0.3 is 6.00 Å². The molecule has 86 valence electrons. The third kappa shape index (κ3) is 5.62. The zero-order chi connectivity index (χ0) is 12.0. The molecule has 1 rings (SSSR count). The molecule has 0 N–H and O–H groups in total. The molecule has 0 aliphatic carbocycles. The molecule has 0 bridgehead atoms. The van der Waals surface area contributed by atoms with Crippen LogP contribution in [0.5, 0.6) is 5.75 Å². The van der Waals surface area contributed by atoms with E-state index >= 15 is 0 Å². The van der Waals surface area contributed by atoms with Gasteiger partial charge in [-0.15, -0.1) is 38.5 Å². The van der Waals surface area contributed by atoms with E-state index in [9.17, 15) is 0 Å². The van der Waals surface area contributed by atoms with Gasteiger partial charge in [0.1, 0.15) is 5.75 Å². The van der Waals surface area contributed by atoms with Crippen molar-refractivity contribution in [3.05, 3.63) is 29.8 Å². The Labute approximate surface area is 110 Å². The van der Waals surface area contributed by atoms with Crippen LogP contribution in [0.4, 0.5) is 0 Å². The van der Waals surface area contributed by atoms with E-state index < -0.39 is 6.00 Å². The van der Waals surface area contributed by atoms with Gasteiger partial charge in [0.2, 0.25) is 0 Å². The lowest BCUT2D eigenvalue weighted by atomic mass is 10.1. The molecule has 0 heterocycles. The number of nitrogens with zero attached hydrogens (tertiary/aromatic N) is 1. The fourth-order valence-corrected chi connectivity index (χ4v) is 3.09. The molecule has 16 heavy (non-hydrogen) atoms. The second kappa shape index (κ2) is 6.36. The second-order valence-corrected chi connectivity index (χ2v) is 12.6. The summed E-state index contributed by atoms with van der Waals surface area (Å²) in [4.78, 5) is 0. The van der Waals surface area contributed by atoms with E-state index in [1.54, 1.807) is 12.3 Å². The molecule has 0 aliphatic heterocycles. The van der Waals surface area contributed by atoms with Crippen molar-refractivity contribution in [1.82, 2.24) is 0 Å². The maximum absolute atomic E-state index is 8.37. The molecule has 6 heteroatoms. The van der Waals surface area contributed by atoms with Crippen molar-refractivity contribution in [2.45, 2.75) is 18.9 Å². The van der Waals surface area contributed by atoms with Crippen LogP contribution in [0, 0.1) is 11.5 Å². The Morgan fingerprint density at radius 1 is 1.31 bits per heavy atom. The van der Waals surface area contributed by atoms with E-state index in [2.05, 4.69) is 0 Å². The Morgan fingerprint density at radius 2 is 2.06 bits per heavy atom. The van der Waals surface area contributed by atoms with Crippen molar-refractivity contribution in [1.29, 1.82) is 5.26 Å². The standard InChI is InChI=1S/C10H10Cl3NOSi/c11-16(12,13)6-2-4-9-3-1-5-10(7-9)15-8-14/h1,3,5,7H,2,4,6H2. The molecule has 0 spiro atoms. The predicted octanol–water partition coefficient (Wildman–Crippen LogP) is 4.13. The number of ether oxygens (including phenoxy) is 1. The topological polar surface area (TPSA) is 33.0 Å². The summed E-state index contributed by atoms with van der Waals surface area (Å²) in [6.07, 6.45) is 3.29. The minimum absolute atomic E-state index is 0.547. The van der Waals surface area contributed by atoms with Crippen molar-refractivity contribution in [2.24, 2.45) is 0 Å². The Bertz CT molecular complexity index is 386. The van der Waals surface area contributed by atoms with E-state index in [1.165, 1.54) is 0 Å². The molecule has 0 amide bonds. The van der Waals surface area contributed by atoms with Gasteiger partial charge in [0.05, 0.1) is 0 Å². The average Bonchev–Trinajstić information content (AvgIpc) is 2.17. The van der Waals surface area contributed by atoms with Crippen LogP contribution in [0.1, 0.15) is 12.0 Å². The third-order valence-electron chi connectivity index (χ3n) is 1.99.